The summed E-state index contributed by atoms with van der Waals surface area (Å²) in [4.78, 5) is 25.8. The van der Waals surface area contributed by atoms with Gasteiger partial charge in [-0.15, -0.1) is 12.4 Å². The average Bonchev–Trinajstić information content (AvgIpc) is 3.78. The van der Waals surface area contributed by atoms with Gasteiger partial charge in [0.25, 0.3) is 0 Å². The Morgan fingerprint density at radius 3 is 1.54 bits per heavy atom. The summed E-state index contributed by atoms with van der Waals surface area (Å²) in [6.45, 7) is 4.43. The minimum atomic E-state index is -1.57. The van der Waals surface area contributed by atoms with E-state index in [1.807, 2.05) is 95.8 Å². The number of pyridine rings is 2. The van der Waals surface area contributed by atoms with Gasteiger partial charge in [-0.05, 0) is 73.5 Å². The fourth-order valence-corrected chi connectivity index (χ4v) is 8.14. The van der Waals surface area contributed by atoms with Crippen molar-refractivity contribution in [3.8, 4) is 46.4 Å². The number of nitrogens with one attached hydrogen (secondary N) is 1. The fraction of sp³-hybridized carbons (Fsp3) is 0.170. The number of hydrogen-bond donors (Lipinski definition) is 1. The van der Waals surface area contributed by atoms with Gasteiger partial charge >= 0.3 is 0 Å². The van der Waals surface area contributed by atoms with Crippen molar-refractivity contribution in [2.24, 2.45) is 0 Å². The van der Waals surface area contributed by atoms with E-state index in [0.29, 0.717) is 74.0 Å². The van der Waals surface area contributed by atoms with Crippen LogP contribution in [0.25, 0.3) is 33.4 Å². The first-order valence-corrected chi connectivity index (χ1v) is 19.4. The van der Waals surface area contributed by atoms with Crippen molar-refractivity contribution < 1.29 is 32.5 Å². The zero-order valence-corrected chi connectivity index (χ0v) is 34.5. The van der Waals surface area contributed by atoms with Crippen LogP contribution in [0, 0.1) is 25.5 Å². The Bertz CT molecular complexity index is 2720. The molecule has 0 unspecified atom stereocenters. The fourth-order valence-electron chi connectivity index (χ4n) is 8.14. The maximum atomic E-state index is 15.2. The third-order valence-corrected chi connectivity index (χ3v) is 11.0. The first-order chi connectivity index (χ1) is 29.2. The molecule has 0 spiro atoms. The van der Waals surface area contributed by atoms with Crippen molar-refractivity contribution in [3.05, 3.63) is 155 Å². The number of aromatic nitrogens is 4. The number of methoxy groups -OCH3 is 2. The molecule has 1 saturated heterocycles. The lowest BCUT2D eigenvalue weighted by atomic mass is 9.80. The zero-order chi connectivity index (χ0) is 41.5. The van der Waals surface area contributed by atoms with Gasteiger partial charge in [-0.1, -0.05) is 48.5 Å². The van der Waals surface area contributed by atoms with E-state index in [4.69, 9.17) is 28.9 Å². The standard InChI is InChI=1S/C47H40F2N6O5.ClH/c1-29-15-17-31(48)25-37(29)59-45-41(43-35(19-21-39(51-43)57-3)54(45)33-11-7-5-8-12-33)47(27-50-23-24-53(47)28-56)42-44-36(20-22-40(52-44)58-4)55(34-13-9-6-10-14-34)46(42)60-38-26-32(49)18-16-30(38)2;/h5-22,25-26,28,50H,23-24,27H2,1-4H3;1H. The van der Waals surface area contributed by atoms with E-state index in [1.165, 1.54) is 38.5 Å². The minimum absolute atomic E-state index is 0. The summed E-state index contributed by atoms with van der Waals surface area (Å²) in [5.74, 6) is 0.610. The van der Waals surface area contributed by atoms with E-state index in [-0.39, 0.29) is 48.8 Å². The predicted octanol–water partition coefficient (Wildman–Crippen LogP) is 9.59. The van der Waals surface area contributed by atoms with Crippen LogP contribution in [0.1, 0.15) is 22.3 Å². The van der Waals surface area contributed by atoms with Gasteiger partial charge in [0.15, 0.2) is 0 Å². The van der Waals surface area contributed by atoms with E-state index in [2.05, 4.69) is 5.32 Å². The van der Waals surface area contributed by atoms with Crippen LogP contribution in [-0.2, 0) is 10.3 Å². The van der Waals surface area contributed by atoms with Crippen molar-refractivity contribution >= 4 is 40.9 Å². The molecule has 0 atom stereocenters. The van der Waals surface area contributed by atoms with Crippen molar-refractivity contribution in [2.45, 2.75) is 19.4 Å². The van der Waals surface area contributed by atoms with Gasteiger partial charge in [0.1, 0.15) is 39.7 Å². The SMILES string of the molecule is COc1ccc2c(n1)c(C1(c3c(Oc4cc(F)ccc4C)n(-c4ccccc4)c4ccc(OC)nc34)CNCCN1C=O)c(Oc1cc(F)ccc1C)n2-c1ccccc1.Cl. The normalized spacial score (nSPS) is 13.5. The number of nitrogens with zero attached hydrogens (tertiary/aromatic N) is 5. The highest BCUT2D eigenvalue weighted by molar-refractivity contribution is 5.93. The molecule has 1 amide bonds. The van der Waals surface area contributed by atoms with Gasteiger partial charge in [0.05, 0.1) is 36.4 Å². The number of piperazine rings is 1. The third kappa shape index (κ3) is 6.95. The number of amides is 1. The third-order valence-electron chi connectivity index (χ3n) is 11.0. The Balaban J connectivity index is 0.00000514. The number of hydrogen-bond acceptors (Lipinski definition) is 8. The molecule has 14 heteroatoms. The molecule has 4 aromatic carbocycles. The van der Waals surface area contributed by atoms with Crippen molar-refractivity contribution in [3.63, 3.8) is 0 Å². The van der Waals surface area contributed by atoms with Crippen molar-refractivity contribution in [1.82, 2.24) is 29.3 Å². The Kier molecular flexibility index (Phi) is 11.1. The molecule has 1 aliphatic rings. The molecule has 1 aliphatic heterocycles. The molecule has 8 aromatic rings. The molecule has 11 nitrogen and oxygen atoms in total. The number of rotatable bonds is 11. The quantitative estimate of drug-likeness (QED) is 0.129. The van der Waals surface area contributed by atoms with Gasteiger partial charge in [0.2, 0.25) is 29.9 Å². The molecule has 310 valence electrons. The minimum Gasteiger partial charge on any atom is -0.481 e. The van der Waals surface area contributed by atoms with Gasteiger partial charge in [-0.25, -0.2) is 18.7 Å². The monoisotopic (exact) mass is 842 g/mol. The summed E-state index contributed by atoms with van der Waals surface area (Å²) >= 11 is 0. The number of para-hydroxylation sites is 2. The number of carbonyl (C=O) groups is 1. The van der Waals surface area contributed by atoms with E-state index in [9.17, 15) is 4.79 Å². The number of carbonyl (C=O) groups excluding carboxylic acids is 1. The smallest absolute Gasteiger partial charge is 0.213 e. The van der Waals surface area contributed by atoms with Crippen molar-refractivity contribution in [1.29, 1.82) is 0 Å². The molecule has 61 heavy (non-hydrogen) atoms. The van der Waals surface area contributed by atoms with Crippen LogP contribution in [0.2, 0.25) is 0 Å². The second-order valence-corrected chi connectivity index (χ2v) is 14.5. The zero-order valence-electron chi connectivity index (χ0n) is 33.7. The molecule has 0 aliphatic carbocycles. The lowest BCUT2D eigenvalue weighted by Crippen LogP contribution is -2.59. The lowest BCUT2D eigenvalue weighted by molar-refractivity contribution is -0.124. The highest BCUT2D eigenvalue weighted by Gasteiger charge is 2.52. The molecule has 0 bridgehead atoms. The van der Waals surface area contributed by atoms with Crippen molar-refractivity contribution in [2.75, 3.05) is 33.9 Å². The molecule has 9 rings (SSSR count). The summed E-state index contributed by atoms with van der Waals surface area (Å²) < 4.78 is 59.7. The first kappa shape index (κ1) is 40.8. The number of ether oxygens (including phenoxy) is 4. The second kappa shape index (κ2) is 16.6. The van der Waals surface area contributed by atoms with Crippen LogP contribution in [0.5, 0.6) is 35.0 Å². The number of benzene rings is 4. The molecule has 4 aromatic heterocycles. The highest BCUT2D eigenvalue weighted by Crippen LogP contribution is 2.54. The number of fused-ring (bicyclic) bond motifs is 2. The number of aryl methyl sites for hydroxylation is 2. The summed E-state index contributed by atoms with van der Waals surface area (Å²) in [6, 6.07) is 35.1. The second-order valence-electron chi connectivity index (χ2n) is 14.5. The van der Waals surface area contributed by atoms with Crippen LogP contribution in [0.3, 0.4) is 0 Å². The van der Waals surface area contributed by atoms with Crippen LogP contribution in [0.4, 0.5) is 8.78 Å². The number of halogens is 3. The summed E-state index contributed by atoms with van der Waals surface area (Å²) in [5.41, 5.74) is 4.11. The van der Waals surface area contributed by atoms with Crippen LogP contribution in [0.15, 0.2) is 121 Å². The van der Waals surface area contributed by atoms with E-state index in [0.717, 1.165) is 6.41 Å². The summed E-state index contributed by atoms with van der Waals surface area (Å²) in [5, 5.41) is 3.58. The largest absolute Gasteiger partial charge is 0.481 e. The molecule has 1 N–H and O–H groups in total. The molecule has 0 radical (unpaired) electrons. The van der Waals surface area contributed by atoms with E-state index < -0.39 is 17.2 Å². The van der Waals surface area contributed by atoms with E-state index >= 15 is 8.78 Å². The molecule has 0 saturated carbocycles. The Labute approximate surface area is 356 Å². The van der Waals surface area contributed by atoms with Gasteiger partial charge in [0, 0.05) is 55.3 Å². The van der Waals surface area contributed by atoms with E-state index in [1.54, 1.807) is 29.2 Å². The van der Waals surface area contributed by atoms with Crippen LogP contribution >= 0.6 is 12.4 Å². The maximum absolute atomic E-state index is 15.2. The summed E-state index contributed by atoms with van der Waals surface area (Å²) in [6.07, 6.45) is 0.799. The summed E-state index contributed by atoms with van der Waals surface area (Å²) in [7, 11) is 3.06. The molecular weight excluding hydrogens is 802 g/mol. The van der Waals surface area contributed by atoms with Gasteiger partial charge < -0.3 is 29.2 Å². The Morgan fingerprint density at radius 1 is 0.656 bits per heavy atom. The van der Waals surface area contributed by atoms with Gasteiger partial charge in [-0.3, -0.25) is 13.9 Å². The molecule has 5 heterocycles. The average molecular weight is 843 g/mol. The van der Waals surface area contributed by atoms with Crippen LogP contribution in [-0.4, -0.2) is 64.3 Å². The Hall–Kier alpha value is -6.96. The lowest BCUT2D eigenvalue weighted by Gasteiger charge is -2.45. The molecule has 1 fully saturated rings. The highest BCUT2D eigenvalue weighted by atomic mass is 35.5. The van der Waals surface area contributed by atoms with Crippen LogP contribution < -0.4 is 24.3 Å². The van der Waals surface area contributed by atoms with Gasteiger partial charge in [-0.2, -0.15) is 0 Å². The maximum Gasteiger partial charge on any atom is 0.213 e. The first-order valence-electron chi connectivity index (χ1n) is 19.4. The topological polar surface area (TPSA) is 105 Å². The predicted molar refractivity (Wildman–Crippen MR) is 231 cm³/mol. The molecular formula is C47H41ClF2N6O5. The Morgan fingerprint density at radius 2 is 1.11 bits per heavy atom.